The molecule has 0 spiro atoms. The van der Waals surface area contributed by atoms with E-state index in [9.17, 15) is 35.1 Å². The number of nitro benzene ring substituents is 2. The lowest BCUT2D eigenvalue weighted by molar-refractivity contribution is -0.385. The van der Waals surface area contributed by atoms with Crippen LogP contribution in [0.4, 0.5) is 17.1 Å². The van der Waals surface area contributed by atoms with E-state index in [0.717, 1.165) is 6.07 Å². The number of hydrogen-bond acceptors (Lipinski definition) is 8. The number of carbonyl (C=O) groups excluding carboxylic acids is 2. The van der Waals surface area contributed by atoms with Crippen LogP contribution >= 0.6 is 0 Å². The van der Waals surface area contributed by atoms with Crippen LogP contribution in [0.1, 0.15) is 21.5 Å². The molecule has 174 valence electrons. The fraction of sp³-hybridized carbons (Fsp3) is 0.0417. The van der Waals surface area contributed by atoms with Crippen molar-refractivity contribution in [3.63, 3.8) is 0 Å². The summed E-state index contributed by atoms with van der Waals surface area (Å²) in [6.45, 7) is 1.59. The number of esters is 1. The van der Waals surface area contributed by atoms with Crippen molar-refractivity contribution in [2.45, 2.75) is 6.92 Å². The number of rotatable bonds is 7. The number of carbonyl (C=O) groups is 2. The van der Waals surface area contributed by atoms with Crippen LogP contribution < -0.4 is 10.1 Å². The van der Waals surface area contributed by atoms with E-state index in [1.807, 2.05) is 0 Å². The van der Waals surface area contributed by atoms with E-state index in [2.05, 4.69) is 5.32 Å². The number of hydrogen-bond donors (Lipinski definition) is 1. The van der Waals surface area contributed by atoms with Crippen molar-refractivity contribution in [1.29, 1.82) is 5.26 Å². The molecule has 0 fully saturated rings. The topological polar surface area (TPSA) is 165 Å². The zero-order chi connectivity index (χ0) is 25.5. The molecule has 0 saturated heterocycles. The molecule has 11 heteroatoms. The van der Waals surface area contributed by atoms with Crippen LogP contribution in [0.3, 0.4) is 0 Å². The summed E-state index contributed by atoms with van der Waals surface area (Å²) in [6, 6.07) is 16.7. The smallest absolute Gasteiger partial charge is 0.343 e. The zero-order valence-electron chi connectivity index (χ0n) is 18.1. The molecule has 0 saturated carbocycles. The van der Waals surface area contributed by atoms with Gasteiger partial charge in [0, 0.05) is 30.0 Å². The number of ether oxygens (including phenoxy) is 1. The maximum absolute atomic E-state index is 12.5. The van der Waals surface area contributed by atoms with Gasteiger partial charge < -0.3 is 10.1 Å². The second-order valence-electron chi connectivity index (χ2n) is 7.15. The van der Waals surface area contributed by atoms with Gasteiger partial charge in [0.1, 0.15) is 17.4 Å². The predicted octanol–water partition coefficient (Wildman–Crippen LogP) is 4.58. The second kappa shape index (κ2) is 10.5. The Hall–Kier alpha value is -5.37. The second-order valence-corrected chi connectivity index (χ2v) is 7.15. The van der Waals surface area contributed by atoms with Crippen LogP contribution in [-0.4, -0.2) is 21.7 Å². The molecule has 11 nitrogen and oxygen atoms in total. The van der Waals surface area contributed by atoms with E-state index >= 15 is 0 Å². The highest BCUT2D eigenvalue weighted by molar-refractivity contribution is 6.10. The average Bonchev–Trinajstić information content (AvgIpc) is 2.84. The van der Waals surface area contributed by atoms with Gasteiger partial charge in [0.2, 0.25) is 0 Å². The Labute approximate surface area is 198 Å². The highest BCUT2D eigenvalue weighted by atomic mass is 16.6. The number of amides is 1. The summed E-state index contributed by atoms with van der Waals surface area (Å²) in [7, 11) is 0. The summed E-state index contributed by atoms with van der Waals surface area (Å²) in [5.41, 5.74) is 0.670. The van der Waals surface area contributed by atoms with Crippen LogP contribution in [0.2, 0.25) is 0 Å². The van der Waals surface area contributed by atoms with Gasteiger partial charge in [-0.2, -0.15) is 5.26 Å². The lowest BCUT2D eigenvalue weighted by Crippen LogP contribution is -2.14. The minimum absolute atomic E-state index is 0.00754. The standard InChI is InChI=1S/C24H16N4O7/c1-15-11-20(28(33)34)7-10-22(15)26-23(29)18(14-25)12-16-5-8-21(9-6-16)35-24(30)17-3-2-4-19(13-17)27(31)32/h2-13H,1H3,(H,26,29)/b18-12+. The van der Waals surface area contributed by atoms with Gasteiger partial charge >= 0.3 is 5.97 Å². The number of aryl methyl sites for hydroxylation is 1. The molecule has 0 aliphatic rings. The fourth-order valence-electron chi connectivity index (χ4n) is 2.95. The van der Waals surface area contributed by atoms with Crippen molar-refractivity contribution in [1.82, 2.24) is 0 Å². The van der Waals surface area contributed by atoms with Gasteiger partial charge in [-0.15, -0.1) is 0 Å². The Bertz CT molecular complexity index is 1410. The van der Waals surface area contributed by atoms with Crippen LogP contribution in [-0.2, 0) is 4.79 Å². The Morgan fingerprint density at radius 3 is 2.23 bits per heavy atom. The number of anilines is 1. The van der Waals surface area contributed by atoms with E-state index in [0.29, 0.717) is 16.8 Å². The fourth-order valence-corrected chi connectivity index (χ4v) is 2.95. The van der Waals surface area contributed by atoms with E-state index < -0.39 is 21.7 Å². The summed E-state index contributed by atoms with van der Waals surface area (Å²) in [6.07, 6.45) is 1.32. The molecule has 0 aliphatic carbocycles. The SMILES string of the molecule is Cc1cc([N+](=O)[O-])ccc1NC(=O)/C(C#N)=C/c1ccc(OC(=O)c2cccc([N+](=O)[O-])c2)cc1. The molecule has 0 unspecified atom stereocenters. The van der Waals surface area contributed by atoms with Crippen LogP contribution in [0.5, 0.6) is 5.75 Å². The van der Waals surface area contributed by atoms with Crippen LogP contribution in [0.15, 0.2) is 72.3 Å². The first-order valence-electron chi connectivity index (χ1n) is 9.93. The summed E-state index contributed by atoms with van der Waals surface area (Å²) >= 11 is 0. The van der Waals surface area contributed by atoms with Gasteiger partial charge in [-0.05, 0) is 48.4 Å². The van der Waals surface area contributed by atoms with Crippen molar-refractivity contribution in [3.8, 4) is 11.8 Å². The third kappa shape index (κ3) is 6.11. The van der Waals surface area contributed by atoms with Crippen molar-refractivity contribution in [3.05, 3.63) is 109 Å². The molecule has 0 atom stereocenters. The monoisotopic (exact) mass is 472 g/mol. The molecule has 0 heterocycles. The Kier molecular flexibility index (Phi) is 7.28. The molecule has 1 amide bonds. The highest BCUT2D eigenvalue weighted by Crippen LogP contribution is 2.22. The van der Waals surface area contributed by atoms with Crippen LogP contribution in [0.25, 0.3) is 6.08 Å². The number of non-ortho nitro benzene ring substituents is 2. The number of nitrogens with zero attached hydrogens (tertiary/aromatic N) is 3. The predicted molar refractivity (Wildman–Crippen MR) is 125 cm³/mol. The zero-order valence-corrected chi connectivity index (χ0v) is 18.1. The number of nitro groups is 2. The summed E-state index contributed by atoms with van der Waals surface area (Å²) in [5.74, 6) is -1.33. The first-order valence-corrected chi connectivity index (χ1v) is 9.93. The van der Waals surface area contributed by atoms with E-state index in [-0.39, 0.29) is 28.3 Å². The average molecular weight is 472 g/mol. The maximum Gasteiger partial charge on any atom is 0.343 e. The molecule has 0 aliphatic heterocycles. The first kappa shape index (κ1) is 24.3. The van der Waals surface area contributed by atoms with E-state index in [1.165, 1.54) is 66.7 Å². The van der Waals surface area contributed by atoms with Gasteiger partial charge in [-0.25, -0.2) is 4.79 Å². The number of nitriles is 1. The van der Waals surface area contributed by atoms with Crippen molar-refractivity contribution >= 4 is 35.0 Å². The Morgan fingerprint density at radius 2 is 1.63 bits per heavy atom. The minimum Gasteiger partial charge on any atom is -0.423 e. The first-order chi connectivity index (χ1) is 16.7. The van der Waals surface area contributed by atoms with E-state index in [4.69, 9.17) is 4.74 Å². The molecule has 0 aromatic heterocycles. The van der Waals surface area contributed by atoms with Gasteiger partial charge in [-0.3, -0.25) is 25.0 Å². The lowest BCUT2D eigenvalue weighted by atomic mass is 10.1. The lowest BCUT2D eigenvalue weighted by Gasteiger charge is -2.08. The van der Waals surface area contributed by atoms with Crippen molar-refractivity contribution in [2.75, 3.05) is 5.32 Å². The third-order valence-electron chi connectivity index (χ3n) is 4.73. The summed E-state index contributed by atoms with van der Waals surface area (Å²) in [4.78, 5) is 45.3. The quantitative estimate of drug-likeness (QED) is 0.130. The third-order valence-corrected chi connectivity index (χ3v) is 4.73. The van der Waals surface area contributed by atoms with Gasteiger partial charge in [0.15, 0.2) is 0 Å². The van der Waals surface area contributed by atoms with Gasteiger partial charge in [-0.1, -0.05) is 18.2 Å². The molecule has 0 bridgehead atoms. The summed E-state index contributed by atoms with van der Waals surface area (Å²) < 4.78 is 5.21. The maximum atomic E-state index is 12.5. The van der Waals surface area contributed by atoms with Crippen LogP contribution in [0, 0.1) is 38.5 Å². The molecule has 1 N–H and O–H groups in total. The largest absolute Gasteiger partial charge is 0.423 e. The Balaban J connectivity index is 1.71. The molecule has 35 heavy (non-hydrogen) atoms. The van der Waals surface area contributed by atoms with Gasteiger partial charge in [0.05, 0.1) is 15.4 Å². The van der Waals surface area contributed by atoms with Crippen molar-refractivity contribution < 1.29 is 24.2 Å². The highest BCUT2D eigenvalue weighted by Gasteiger charge is 2.15. The normalized spacial score (nSPS) is 10.7. The summed E-state index contributed by atoms with van der Waals surface area (Å²) in [5, 5.41) is 33.7. The van der Waals surface area contributed by atoms with E-state index in [1.54, 1.807) is 13.0 Å². The molecule has 0 radical (unpaired) electrons. The number of nitrogens with one attached hydrogen (secondary N) is 1. The Morgan fingerprint density at radius 1 is 0.971 bits per heavy atom. The minimum atomic E-state index is -0.785. The van der Waals surface area contributed by atoms with Gasteiger partial charge in [0.25, 0.3) is 17.3 Å². The molecule has 3 aromatic rings. The van der Waals surface area contributed by atoms with Crippen molar-refractivity contribution in [2.24, 2.45) is 0 Å². The molecular weight excluding hydrogens is 456 g/mol. The number of benzene rings is 3. The molecule has 3 aromatic carbocycles. The molecule has 3 rings (SSSR count). The molecular formula is C24H16N4O7.